The minimum atomic E-state index is -0.582. The second kappa shape index (κ2) is 19.7. The van der Waals surface area contributed by atoms with Gasteiger partial charge in [-0.25, -0.2) is 4.79 Å². The molecular formula is C36H58NO3+. The summed E-state index contributed by atoms with van der Waals surface area (Å²) in [6.45, 7) is 7.17. The quantitative estimate of drug-likeness (QED) is 0.0631. The summed E-state index contributed by atoms with van der Waals surface area (Å²) in [4.78, 5) is 13.3. The van der Waals surface area contributed by atoms with Gasteiger partial charge in [-0.05, 0) is 37.0 Å². The zero-order valence-electron chi connectivity index (χ0n) is 26.3. The molecule has 4 nitrogen and oxygen atoms in total. The van der Waals surface area contributed by atoms with Crippen molar-refractivity contribution in [1.29, 1.82) is 0 Å². The van der Waals surface area contributed by atoms with Gasteiger partial charge >= 0.3 is 5.97 Å². The number of esters is 1. The molecule has 0 bridgehead atoms. The molecule has 0 radical (unpaired) electrons. The van der Waals surface area contributed by atoms with Crippen LogP contribution in [0.2, 0.25) is 0 Å². The Morgan fingerprint density at radius 3 is 1.82 bits per heavy atom. The molecule has 0 saturated carbocycles. The van der Waals surface area contributed by atoms with Crippen LogP contribution in [0.4, 0.5) is 0 Å². The summed E-state index contributed by atoms with van der Waals surface area (Å²) >= 11 is 0. The summed E-state index contributed by atoms with van der Waals surface area (Å²) in [5.41, 5.74) is 2.56. The average molecular weight is 553 g/mol. The van der Waals surface area contributed by atoms with E-state index in [4.69, 9.17) is 9.47 Å². The average Bonchev–Trinajstić information content (AvgIpc) is 2.95. The van der Waals surface area contributed by atoms with Gasteiger partial charge in [-0.2, -0.15) is 0 Å². The number of carbonyl (C=O) groups is 1. The van der Waals surface area contributed by atoms with Crippen LogP contribution in [-0.2, 0) is 22.5 Å². The first-order valence-electron chi connectivity index (χ1n) is 16.2. The number of likely N-dealkylation sites (N-methyl/N-ethyl adjacent to an activating group) is 1. The van der Waals surface area contributed by atoms with Gasteiger partial charge in [-0.15, -0.1) is 0 Å². The van der Waals surface area contributed by atoms with Crippen LogP contribution in [-0.4, -0.2) is 36.9 Å². The molecule has 2 atom stereocenters. The first-order valence-corrected chi connectivity index (χ1v) is 16.2. The molecule has 0 N–H and O–H groups in total. The number of quaternary nitrogens is 1. The Labute approximate surface area is 246 Å². The van der Waals surface area contributed by atoms with Crippen molar-refractivity contribution in [2.75, 3.05) is 14.1 Å². The van der Waals surface area contributed by atoms with E-state index in [1.54, 1.807) is 0 Å². The molecule has 0 amide bonds. The highest BCUT2D eigenvalue weighted by atomic mass is 16.7. The normalized spacial score (nSPS) is 13.1. The summed E-state index contributed by atoms with van der Waals surface area (Å²) in [5.74, 6) is 0.579. The number of nitrogens with zero attached hydrogens (tertiary/aromatic N) is 1. The highest BCUT2D eigenvalue weighted by molar-refractivity contribution is 5.74. The number of unbranched alkanes of at least 4 members (excludes halogenated alkanes) is 10. The Kier molecular flexibility index (Phi) is 16.7. The molecule has 2 unspecified atom stereocenters. The first-order chi connectivity index (χ1) is 19.4. The van der Waals surface area contributed by atoms with E-state index in [-0.39, 0.29) is 12.0 Å². The van der Waals surface area contributed by atoms with Crippen LogP contribution < -0.4 is 4.74 Å². The van der Waals surface area contributed by atoms with E-state index in [1.807, 2.05) is 37.3 Å². The number of benzene rings is 2. The summed E-state index contributed by atoms with van der Waals surface area (Å²) < 4.78 is 12.6. The Morgan fingerprint density at radius 2 is 1.27 bits per heavy atom. The van der Waals surface area contributed by atoms with Gasteiger partial charge in [0, 0.05) is 18.4 Å². The van der Waals surface area contributed by atoms with Crippen LogP contribution in [0.25, 0.3) is 0 Å². The molecular weight excluding hydrogens is 494 g/mol. The molecule has 0 heterocycles. The Morgan fingerprint density at radius 1 is 0.700 bits per heavy atom. The highest BCUT2D eigenvalue weighted by Gasteiger charge is 2.37. The summed E-state index contributed by atoms with van der Waals surface area (Å²) in [5, 5.41) is 0. The van der Waals surface area contributed by atoms with E-state index < -0.39 is 6.29 Å². The third kappa shape index (κ3) is 13.4. The van der Waals surface area contributed by atoms with Crippen molar-refractivity contribution in [3.05, 3.63) is 65.7 Å². The lowest BCUT2D eigenvalue weighted by molar-refractivity contribution is -0.920. The molecule has 2 rings (SSSR count). The zero-order chi connectivity index (χ0) is 29.1. The standard InChI is InChI=1S/C36H58NO3/c1-6-9-10-11-12-13-14-15-16-17-19-23-31-26-28-33(29-27-31)39-35(8-3)40-36(38)34(22-7-2)37(4,5)30-32-24-20-18-21-25-32/h18,20-21,24-29,34-35H,6-17,19,22-23,30H2,1-5H3/q+1. The highest BCUT2D eigenvalue weighted by Crippen LogP contribution is 2.22. The number of hydrogen-bond acceptors (Lipinski definition) is 3. The second-order valence-electron chi connectivity index (χ2n) is 12.0. The van der Waals surface area contributed by atoms with Crippen LogP contribution in [0.3, 0.4) is 0 Å². The van der Waals surface area contributed by atoms with E-state index in [0.717, 1.165) is 31.6 Å². The van der Waals surface area contributed by atoms with Crippen LogP contribution in [0.15, 0.2) is 54.6 Å². The Hall–Kier alpha value is -2.33. The fraction of sp³-hybridized carbons (Fsp3) is 0.639. The van der Waals surface area contributed by atoms with Crippen molar-refractivity contribution in [1.82, 2.24) is 0 Å². The van der Waals surface area contributed by atoms with Crippen molar-refractivity contribution in [2.24, 2.45) is 0 Å². The van der Waals surface area contributed by atoms with E-state index in [2.05, 4.69) is 52.2 Å². The van der Waals surface area contributed by atoms with Gasteiger partial charge in [-0.1, -0.05) is 127 Å². The van der Waals surface area contributed by atoms with Gasteiger partial charge in [-0.3, -0.25) is 0 Å². The number of carbonyl (C=O) groups excluding carboxylic acids is 1. The maximum Gasteiger partial charge on any atom is 0.368 e. The molecule has 224 valence electrons. The fourth-order valence-electron chi connectivity index (χ4n) is 5.47. The minimum absolute atomic E-state index is 0.178. The molecule has 0 spiro atoms. The first kappa shape index (κ1) is 33.9. The SMILES string of the molecule is CCCCCCCCCCCCCc1ccc(OC(CC)OC(=O)C(CCC)[N+](C)(C)Cc2ccccc2)cc1. The van der Waals surface area contributed by atoms with E-state index in [9.17, 15) is 4.79 Å². The van der Waals surface area contributed by atoms with Gasteiger partial charge in [0.1, 0.15) is 12.3 Å². The van der Waals surface area contributed by atoms with Crippen LogP contribution >= 0.6 is 0 Å². The van der Waals surface area contributed by atoms with E-state index >= 15 is 0 Å². The number of aryl methyl sites for hydroxylation is 1. The maximum absolute atomic E-state index is 13.3. The number of rotatable bonds is 22. The largest absolute Gasteiger partial charge is 0.455 e. The van der Waals surface area contributed by atoms with Crippen LogP contribution in [0, 0.1) is 0 Å². The third-order valence-corrected chi connectivity index (χ3v) is 7.95. The van der Waals surface area contributed by atoms with Crippen molar-refractivity contribution in [2.45, 2.75) is 136 Å². The molecule has 0 aliphatic heterocycles. The number of ether oxygens (including phenoxy) is 2. The summed E-state index contributed by atoms with van der Waals surface area (Å²) in [6.07, 6.45) is 17.9. The molecule has 0 saturated heterocycles. The molecule has 2 aromatic carbocycles. The minimum Gasteiger partial charge on any atom is -0.455 e. The summed E-state index contributed by atoms with van der Waals surface area (Å²) in [7, 11) is 4.23. The monoisotopic (exact) mass is 552 g/mol. The molecule has 40 heavy (non-hydrogen) atoms. The van der Waals surface area contributed by atoms with E-state index in [0.29, 0.717) is 10.9 Å². The molecule has 2 aromatic rings. The second-order valence-corrected chi connectivity index (χ2v) is 12.0. The predicted octanol–water partition coefficient (Wildman–Crippen LogP) is 9.64. The molecule has 0 aliphatic carbocycles. The molecule has 0 aromatic heterocycles. The van der Waals surface area contributed by atoms with Crippen molar-refractivity contribution in [3.63, 3.8) is 0 Å². The van der Waals surface area contributed by atoms with Gasteiger partial charge in [0.05, 0.1) is 14.1 Å². The zero-order valence-corrected chi connectivity index (χ0v) is 26.3. The van der Waals surface area contributed by atoms with Crippen LogP contribution in [0.5, 0.6) is 5.75 Å². The van der Waals surface area contributed by atoms with Crippen molar-refractivity contribution < 1.29 is 18.8 Å². The van der Waals surface area contributed by atoms with Gasteiger partial charge in [0.2, 0.25) is 6.29 Å². The lowest BCUT2D eigenvalue weighted by atomic mass is 10.0. The van der Waals surface area contributed by atoms with E-state index in [1.165, 1.54) is 81.8 Å². The Balaban J connectivity index is 1.75. The van der Waals surface area contributed by atoms with Crippen LogP contribution in [0.1, 0.15) is 122 Å². The van der Waals surface area contributed by atoms with Gasteiger partial charge in [0.25, 0.3) is 0 Å². The predicted molar refractivity (Wildman–Crippen MR) is 168 cm³/mol. The topological polar surface area (TPSA) is 35.5 Å². The van der Waals surface area contributed by atoms with Crippen molar-refractivity contribution in [3.8, 4) is 5.75 Å². The Bertz CT molecular complexity index is 909. The van der Waals surface area contributed by atoms with Gasteiger partial charge < -0.3 is 14.0 Å². The molecule has 0 aliphatic rings. The third-order valence-electron chi connectivity index (χ3n) is 7.95. The molecule has 4 heteroatoms. The smallest absolute Gasteiger partial charge is 0.368 e. The van der Waals surface area contributed by atoms with Crippen molar-refractivity contribution >= 4 is 5.97 Å². The van der Waals surface area contributed by atoms with Gasteiger partial charge in [0.15, 0.2) is 6.04 Å². The maximum atomic E-state index is 13.3. The summed E-state index contributed by atoms with van der Waals surface area (Å²) in [6, 6.07) is 18.5. The fourth-order valence-corrected chi connectivity index (χ4v) is 5.47. The number of hydrogen-bond donors (Lipinski definition) is 0. The lowest BCUT2D eigenvalue weighted by Gasteiger charge is -2.37. The molecule has 0 fully saturated rings. The lowest BCUT2D eigenvalue weighted by Crippen LogP contribution is -2.53.